The Balaban J connectivity index is 1.33. The van der Waals surface area contributed by atoms with Crippen LogP contribution in [-0.2, 0) is 0 Å². The average molecular weight is 922 g/mol. The van der Waals surface area contributed by atoms with E-state index in [1.807, 2.05) is 0 Å². The molecule has 0 nitrogen and oxygen atoms in total. The monoisotopic (exact) mass is 918 g/mol. The fraction of sp³-hybridized carbons (Fsp3) is 0.130. The minimum Gasteiger partial charge on any atom is -0.0652 e. The van der Waals surface area contributed by atoms with Gasteiger partial charge in [-0.25, -0.2) is 0 Å². The normalized spacial score (nSPS) is 14.0. The second-order valence-corrected chi connectivity index (χ2v) is 19.7. The molecule has 0 fully saturated rings. The Bertz CT molecular complexity index is 2830. The van der Waals surface area contributed by atoms with Crippen molar-refractivity contribution < 1.29 is 0 Å². The molecule has 0 bridgehead atoms. The van der Waals surface area contributed by atoms with Crippen LogP contribution < -0.4 is 32.8 Å². The molecule has 6 heteroatoms. The second-order valence-electron chi connectivity index (χ2n) is 16.0. The topological polar surface area (TPSA) is 0 Å². The Labute approximate surface area is 337 Å². The van der Waals surface area contributed by atoms with Crippen LogP contribution in [0.4, 0.5) is 0 Å². The maximum Gasteiger partial charge on any atom is 0.244 e. The van der Waals surface area contributed by atoms with Gasteiger partial charge < -0.3 is 0 Å². The van der Waals surface area contributed by atoms with Crippen molar-refractivity contribution in [2.75, 3.05) is 0 Å². The summed E-state index contributed by atoms with van der Waals surface area (Å²) in [5.74, 6) is 0.724. The lowest BCUT2D eigenvalue weighted by atomic mass is 9.34. The van der Waals surface area contributed by atoms with Gasteiger partial charge in [-0.3, -0.25) is 0 Å². The van der Waals surface area contributed by atoms with Gasteiger partial charge in [0.2, 0.25) is 13.4 Å². The van der Waals surface area contributed by atoms with E-state index in [4.69, 9.17) is 0 Å². The van der Waals surface area contributed by atoms with Gasteiger partial charge in [-0.05, 0) is 160 Å². The van der Waals surface area contributed by atoms with Crippen molar-refractivity contribution in [1.29, 1.82) is 0 Å². The molecular weight excluding hydrogens is 894 g/mol. The maximum absolute atomic E-state index is 3.97. The van der Waals surface area contributed by atoms with E-state index < -0.39 is 0 Å². The van der Waals surface area contributed by atoms with E-state index in [1.54, 1.807) is 0 Å². The molecule has 0 radical (unpaired) electrons. The summed E-state index contributed by atoms with van der Waals surface area (Å²) < 4.78 is 4.53. The van der Waals surface area contributed by atoms with Gasteiger partial charge >= 0.3 is 0 Å². The minimum atomic E-state index is 0.191. The van der Waals surface area contributed by atoms with Crippen molar-refractivity contribution in [1.82, 2.24) is 0 Å². The molecule has 52 heavy (non-hydrogen) atoms. The second kappa shape index (κ2) is 10.3. The Morgan fingerprint density at radius 2 is 0.731 bits per heavy atom. The fourth-order valence-corrected chi connectivity index (χ4v) is 12.5. The highest BCUT2D eigenvalue weighted by atomic mass is 79.9. The lowest BCUT2D eigenvalue weighted by Crippen LogP contribution is -2.53. The van der Waals surface area contributed by atoms with Crippen LogP contribution in [0.25, 0.3) is 76.8 Å². The number of benzene rings is 8. The molecular formula is C46H28B2Br4. The first-order valence-electron chi connectivity index (χ1n) is 18.2. The number of rotatable bonds is 2. The summed E-state index contributed by atoms with van der Waals surface area (Å²) in [7, 11) is 0. The first kappa shape index (κ1) is 31.2. The zero-order valence-corrected chi connectivity index (χ0v) is 35.2. The summed E-state index contributed by atoms with van der Waals surface area (Å²) >= 11 is 15.6. The Morgan fingerprint density at radius 1 is 0.365 bits per heavy atom. The van der Waals surface area contributed by atoms with Gasteiger partial charge in [0.05, 0.1) is 0 Å². The highest BCUT2D eigenvalue weighted by Crippen LogP contribution is 2.50. The average Bonchev–Trinajstić information content (AvgIpc) is 3.60. The number of hydrogen-bond donors (Lipinski definition) is 0. The van der Waals surface area contributed by atoms with Gasteiger partial charge in [-0.15, -0.1) is 0 Å². The van der Waals surface area contributed by atoms with Crippen molar-refractivity contribution in [2.45, 2.75) is 39.5 Å². The molecule has 4 heterocycles. The first-order valence-corrected chi connectivity index (χ1v) is 21.4. The molecule has 4 aliphatic heterocycles. The summed E-state index contributed by atoms with van der Waals surface area (Å²) in [5.41, 5.74) is 22.5. The molecule has 0 aromatic heterocycles. The lowest BCUT2D eigenvalue weighted by molar-refractivity contribution is 0.876. The van der Waals surface area contributed by atoms with E-state index >= 15 is 0 Å². The molecule has 0 saturated heterocycles. The SMILES string of the molecule is CC(C)c1cc2c3c(cc4c(C(C)C)cc5c6c(cc1c3c46)B1c3ccc(Br)cc3-c3cc(Br)cc-5c31)B1c3ccc(Br)cc3-c3cc(Br)cc-2c31. The Morgan fingerprint density at radius 3 is 1.12 bits per heavy atom. The third kappa shape index (κ3) is 3.71. The Kier molecular flexibility index (Phi) is 6.20. The van der Waals surface area contributed by atoms with Gasteiger partial charge in [-0.2, -0.15) is 0 Å². The van der Waals surface area contributed by atoms with E-state index in [-0.39, 0.29) is 13.4 Å². The van der Waals surface area contributed by atoms with Gasteiger partial charge in [0, 0.05) is 17.9 Å². The van der Waals surface area contributed by atoms with Gasteiger partial charge in [0.25, 0.3) is 0 Å². The van der Waals surface area contributed by atoms with Crippen LogP contribution in [0.3, 0.4) is 0 Å². The standard InChI is InChI=1S/C46H28B2Br4/c1-19(2)25-15-29-35-13-23(51)11-33-27-9-22(50)6-8-38(27)48(45(33)35)40-18-32-26(20(3)4)16-30-36-14-24(52)12-34-28-10-21(49)5-7-37(28)47(46(34)36)39-17-31(25)43(41(29)40)44(32)42(30)39/h5-20H,1-4H3. The highest BCUT2D eigenvalue weighted by Gasteiger charge is 2.45. The molecule has 0 saturated carbocycles. The van der Waals surface area contributed by atoms with Crippen molar-refractivity contribution in [3.05, 3.63) is 114 Å². The van der Waals surface area contributed by atoms with Crippen molar-refractivity contribution in [3.8, 4) is 44.5 Å². The van der Waals surface area contributed by atoms with Crippen molar-refractivity contribution in [2.24, 2.45) is 0 Å². The smallest absolute Gasteiger partial charge is 0.0652 e. The molecule has 0 aliphatic carbocycles. The zero-order valence-electron chi connectivity index (χ0n) is 28.9. The third-order valence-corrected chi connectivity index (χ3v) is 14.7. The lowest BCUT2D eigenvalue weighted by Gasteiger charge is -2.33. The fourth-order valence-electron chi connectivity index (χ4n) is 10.9. The number of halogens is 4. The third-order valence-electron chi connectivity index (χ3n) is 12.8. The van der Waals surface area contributed by atoms with Crippen LogP contribution in [0.2, 0.25) is 0 Å². The van der Waals surface area contributed by atoms with Crippen LogP contribution in [0.1, 0.15) is 50.7 Å². The molecule has 0 atom stereocenters. The first-order chi connectivity index (χ1) is 25.1. The summed E-state index contributed by atoms with van der Waals surface area (Å²) in [6, 6.07) is 33.8. The van der Waals surface area contributed by atoms with Gasteiger partial charge in [-0.1, -0.05) is 148 Å². The summed E-state index contributed by atoms with van der Waals surface area (Å²) in [6.07, 6.45) is 0. The van der Waals surface area contributed by atoms with Crippen molar-refractivity contribution in [3.63, 3.8) is 0 Å². The largest absolute Gasteiger partial charge is 0.244 e. The van der Waals surface area contributed by atoms with E-state index in [0.717, 1.165) is 17.9 Å². The predicted octanol–water partition coefficient (Wildman–Crippen LogP) is 10.8. The van der Waals surface area contributed by atoms with Crippen LogP contribution in [-0.4, -0.2) is 13.4 Å². The van der Waals surface area contributed by atoms with Crippen LogP contribution in [0.5, 0.6) is 0 Å². The zero-order chi connectivity index (χ0) is 35.2. The van der Waals surface area contributed by atoms with Crippen LogP contribution in [0, 0.1) is 0 Å². The molecule has 0 N–H and O–H groups in total. The molecule has 8 aromatic carbocycles. The van der Waals surface area contributed by atoms with E-state index in [1.165, 1.54) is 121 Å². The summed E-state index contributed by atoms with van der Waals surface area (Å²) in [6.45, 7) is 9.91. The molecule has 8 aromatic rings. The van der Waals surface area contributed by atoms with Crippen molar-refractivity contribution >= 4 is 142 Å². The predicted molar refractivity (Wildman–Crippen MR) is 240 cm³/mol. The van der Waals surface area contributed by atoms with Crippen LogP contribution >= 0.6 is 63.7 Å². The quantitative estimate of drug-likeness (QED) is 0.120. The molecule has 0 unspecified atom stereocenters. The molecule has 0 spiro atoms. The maximum atomic E-state index is 3.97. The van der Waals surface area contributed by atoms with E-state index in [2.05, 4.69) is 176 Å². The molecule has 12 rings (SSSR count). The van der Waals surface area contributed by atoms with E-state index in [9.17, 15) is 0 Å². The summed E-state index contributed by atoms with van der Waals surface area (Å²) in [5, 5.41) is 8.66. The highest BCUT2D eigenvalue weighted by molar-refractivity contribution is 9.11. The Hall–Kier alpha value is -3.15. The van der Waals surface area contributed by atoms with Gasteiger partial charge in [0.1, 0.15) is 0 Å². The van der Waals surface area contributed by atoms with Crippen LogP contribution in [0.15, 0.2) is 103 Å². The summed E-state index contributed by atoms with van der Waals surface area (Å²) in [4.78, 5) is 0. The molecule has 246 valence electrons. The molecule has 4 aliphatic rings. The van der Waals surface area contributed by atoms with Gasteiger partial charge in [0.15, 0.2) is 0 Å². The minimum absolute atomic E-state index is 0.191. The molecule has 0 amide bonds. The number of hydrogen-bond acceptors (Lipinski definition) is 0. The number of fused-ring (bicyclic) bond motifs is 10. The van der Waals surface area contributed by atoms with E-state index in [0.29, 0.717) is 11.8 Å².